The van der Waals surface area contributed by atoms with Crippen molar-refractivity contribution in [2.45, 2.75) is 24.9 Å². The standard InChI is InChI=1S/C12H16O3/c1-15-12(8-13)7-3-4-9-10(12)5-2-6-11(9)14/h2,5-6,13-14H,3-4,7-8H2,1H3. The summed E-state index contributed by atoms with van der Waals surface area (Å²) in [6.45, 7) is -0.0417. The number of hydrogen-bond donors (Lipinski definition) is 2. The second-order valence-corrected chi connectivity index (χ2v) is 4.01. The van der Waals surface area contributed by atoms with E-state index in [9.17, 15) is 10.2 Å². The van der Waals surface area contributed by atoms with Crippen LogP contribution in [0.25, 0.3) is 0 Å². The number of phenolic OH excluding ortho intramolecular Hbond substituents is 1. The van der Waals surface area contributed by atoms with Crippen molar-refractivity contribution in [3.05, 3.63) is 29.3 Å². The molecule has 2 rings (SSSR count). The smallest absolute Gasteiger partial charge is 0.119 e. The summed E-state index contributed by atoms with van der Waals surface area (Å²) in [6, 6.07) is 5.40. The average Bonchev–Trinajstić information content (AvgIpc) is 2.29. The summed E-state index contributed by atoms with van der Waals surface area (Å²) in [6.07, 6.45) is 2.59. The summed E-state index contributed by atoms with van der Waals surface area (Å²) in [7, 11) is 1.61. The van der Waals surface area contributed by atoms with Crippen molar-refractivity contribution in [3.8, 4) is 5.75 Å². The number of aliphatic hydroxyl groups excluding tert-OH is 1. The maximum Gasteiger partial charge on any atom is 0.119 e. The van der Waals surface area contributed by atoms with Crippen molar-refractivity contribution < 1.29 is 14.9 Å². The van der Waals surface area contributed by atoms with E-state index in [0.717, 1.165) is 30.4 Å². The van der Waals surface area contributed by atoms with Crippen molar-refractivity contribution in [2.75, 3.05) is 13.7 Å². The molecule has 0 saturated carbocycles. The van der Waals surface area contributed by atoms with Gasteiger partial charge in [-0.05, 0) is 30.9 Å². The van der Waals surface area contributed by atoms with E-state index in [1.165, 1.54) is 0 Å². The first kappa shape index (κ1) is 10.5. The largest absolute Gasteiger partial charge is 0.508 e. The number of rotatable bonds is 2. The molecule has 1 aliphatic carbocycles. The summed E-state index contributed by atoms with van der Waals surface area (Å²) < 4.78 is 5.45. The van der Waals surface area contributed by atoms with E-state index in [4.69, 9.17) is 4.74 Å². The molecule has 0 heterocycles. The SMILES string of the molecule is COC1(CO)CCCc2c(O)cccc21. The molecule has 0 aromatic heterocycles. The number of fused-ring (bicyclic) bond motifs is 1. The molecule has 1 atom stereocenters. The van der Waals surface area contributed by atoms with Gasteiger partial charge in [0.1, 0.15) is 11.4 Å². The lowest BCUT2D eigenvalue weighted by atomic mass is 9.79. The molecule has 1 unspecified atom stereocenters. The highest BCUT2D eigenvalue weighted by molar-refractivity contribution is 5.44. The zero-order chi connectivity index (χ0) is 10.9. The Morgan fingerprint density at radius 3 is 2.93 bits per heavy atom. The third-order valence-corrected chi connectivity index (χ3v) is 3.30. The van der Waals surface area contributed by atoms with Crippen LogP contribution in [0.5, 0.6) is 5.75 Å². The minimum absolute atomic E-state index is 0.0417. The molecule has 0 fully saturated rings. The predicted molar refractivity (Wildman–Crippen MR) is 56.8 cm³/mol. The maximum absolute atomic E-state index is 9.74. The third-order valence-electron chi connectivity index (χ3n) is 3.30. The van der Waals surface area contributed by atoms with Crippen LogP contribution < -0.4 is 0 Å². The Balaban J connectivity index is 2.55. The first-order chi connectivity index (χ1) is 7.23. The molecule has 0 radical (unpaired) electrons. The molecule has 15 heavy (non-hydrogen) atoms. The molecule has 3 nitrogen and oxygen atoms in total. The number of ether oxygens (including phenoxy) is 1. The average molecular weight is 208 g/mol. The van der Waals surface area contributed by atoms with Crippen LogP contribution in [0.1, 0.15) is 24.0 Å². The summed E-state index contributed by atoms with van der Waals surface area (Å²) in [5.74, 6) is 0.307. The zero-order valence-corrected chi connectivity index (χ0v) is 8.86. The third kappa shape index (κ3) is 1.52. The predicted octanol–water partition coefficient (Wildman–Crippen LogP) is 1.56. The Morgan fingerprint density at radius 2 is 2.27 bits per heavy atom. The molecule has 1 aliphatic rings. The highest BCUT2D eigenvalue weighted by Crippen LogP contribution is 2.40. The Morgan fingerprint density at radius 1 is 1.47 bits per heavy atom. The van der Waals surface area contributed by atoms with Gasteiger partial charge >= 0.3 is 0 Å². The lowest BCUT2D eigenvalue weighted by Crippen LogP contribution is -2.36. The monoisotopic (exact) mass is 208 g/mol. The second kappa shape index (κ2) is 3.83. The van der Waals surface area contributed by atoms with E-state index in [1.807, 2.05) is 6.07 Å². The van der Waals surface area contributed by atoms with Crippen molar-refractivity contribution in [2.24, 2.45) is 0 Å². The van der Waals surface area contributed by atoms with Crippen LogP contribution in [-0.4, -0.2) is 23.9 Å². The molecule has 0 saturated heterocycles. The van der Waals surface area contributed by atoms with Crippen molar-refractivity contribution in [1.82, 2.24) is 0 Å². The fraction of sp³-hybridized carbons (Fsp3) is 0.500. The number of methoxy groups -OCH3 is 1. The minimum atomic E-state index is -0.619. The van der Waals surface area contributed by atoms with E-state index in [-0.39, 0.29) is 6.61 Å². The molecule has 0 aliphatic heterocycles. The molecule has 0 bridgehead atoms. The molecule has 0 spiro atoms. The van der Waals surface area contributed by atoms with E-state index < -0.39 is 5.60 Å². The number of benzene rings is 1. The Labute approximate surface area is 89.3 Å². The Bertz CT molecular complexity index is 356. The van der Waals surface area contributed by atoms with Crippen LogP contribution in [0.4, 0.5) is 0 Å². The highest BCUT2D eigenvalue weighted by Gasteiger charge is 2.36. The number of aliphatic hydroxyl groups is 1. The quantitative estimate of drug-likeness (QED) is 0.775. The van der Waals surface area contributed by atoms with Gasteiger partial charge in [-0.3, -0.25) is 0 Å². The van der Waals surface area contributed by atoms with Crippen LogP contribution in [0.15, 0.2) is 18.2 Å². The molecule has 3 heteroatoms. The second-order valence-electron chi connectivity index (χ2n) is 4.01. The topological polar surface area (TPSA) is 49.7 Å². The van der Waals surface area contributed by atoms with Crippen LogP contribution in [0.2, 0.25) is 0 Å². The molecule has 82 valence electrons. The molecule has 1 aromatic carbocycles. The Hall–Kier alpha value is -1.06. The summed E-state index contributed by atoms with van der Waals surface area (Å²) in [5.41, 5.74) is 1.23. The van der Waals surface area contributed by atoms with Gasteiger partial charge in [0.15, 0.2) is 0 Å². The van der Waals surface area contributed by atoms with Crippen molar-refractivity contribution in [1.29, 1.82) is 0 Å². The van der Waals surface area contributed by atoms with E-state index in [2.05, 4.69) is 0 Å². The van der Waals surface area contributed by atoms with Gasteiger partial charge in [0.05, 0.1) is 6.61 Å². The summed E-state index contributed by atoms with van der Waals surface area (Å²) in [4.78, 5) is 0. The van der Waals surface area contributed by atoms with Gasteiger partial charge in [-0.25, -0.2) is 0 Å². The van der Waals surface area contributed by atoms with E-state index >= 15 is 0 Å². The molecular weight excluding hydrogens is 192 g/mol. The minimum Gasteiger partial charge on any atom is -0.508 e. The highest BCUT2D eigenvalue weighted by atomic mass is 16.5. The number of aromatic hydroxyl groups is 1. The zero-order valence-electron chi connectivity index (χ0n) is 8.86. The van der Waals surface area contributed by atoms with Gasteiger partial charge in [0.25, 0.3) is 0 Å². The van der Waals surface area contributed by atoms with Crippen LogP contribution in [0, 0.1) is 0 Å². The first-order valence-electron chi connectivity index (χ1n) is 5.21. The van der Waals surface area contributed by atoms with Gasteiger partial charge in [-0.15, -0.1) is 0 Å². The molecular formula is C12H16O3. The number of hydrogen-bond acceptors (Lipinski definition) is 3. The van der Waals surface area contributed by atoms with Crippen molar-refractivity contribution in [3.63, 3.8) is 0 Å². The molecule has 1 aromatic rings. The lowest BCUT2D eigenvalue weighted by molar-refractivity contribution is -0.0690. The number of phenols is 1. The fourth-order valence-corrected chi connectivity index (χ4v) is 2.39. The van der Waals surface area contributed by atoms with E-state index in [1.54, 1.807) is 19.2 Å². The first-order valence-corrected chi connectivity index (χ1v) is 5.21. The van der Waals surface area contributed by atoms with Gasteiger partial charge in [0, 0.05) is 12.7 Å². The molecule has 2 N–H and O–H groups in total. The Kier molecular flexibility index (Phi) is 2.67. The summed E-state index contributed by atoms with van der Waals surface area (Å²) in [5, 5.41) is 19.2. The van der Waals surface area contributed by atoms with Crippen LogP contribution >= 0.6 is 0 Å². The normalized spacial score (nSPS) is 24.9. The summed E-state index contributed by atoms with van der Waals surface area (Å²) >= 11 is 0. The molecule has 0 amide bonds. The maximum atomic E-state index is 9.74. The van der Waals surface area contributed by atoms with Crippen LogP contribution in [-0.2, 0) is 16.8 Å². The van der Waals surface area contributed by atoms with Gasteiger partial charge < -0.3 is 14.9 Å². The van der Waals surface area contributed by atoms with Crippen molar-refractivity contribution >= 4 is 0 Å². The lowest BCUT2D eigenvalue weighted by Gasteiger charge is -2.36. The van der Waals surface area contributed by atoms with Gasteiger partial charge in [0.2, 0.25) is 0 Å². The van der Waals surface area contributed by atoms with Crippen LogP contribution in [0.3, 0.4) is 0 Å². The van der Waals surface area contributed by atoms with E-state index in [0.29, 0.717) is 5.75 Å². The van der Waals surface area contributed by atoms with Gasteiger partial charge in [-0.2, -0.15) is 0 Å². The van der Waals surface area contributed by atoms with Gasteiger partial charge in [-0.1, -0.05) is 12.1 Å². The fourth-order valence-electron chi connectivity index (χ4n) is 2.39.